The van der Waals surface area contributed by atoms with Crippen LogP contribution in [0.15, 0.2) is 48.5 Å². The van der Waals surface area contributed by atoms with E-state index in [1.165, 1.54) is 12.1 Å². The number of hydrogen-bond donors (Lipinski definition) is 0. The molecule has 0 heterocycles. The van der Waals surface area contributed by atoms with Gasteiger partial charge < -0.3 is 0 Å². The van der Waals surface area contributed by atoms with Crippen LogP contribution in [-0.2, 0) is 0 Å². The number of rotatable bonds is 3. The zero-order valence-electron chi connectivity index (χ0n) is 10.3. The summed E-state index contributed by atoms with van der Waals surface area (Å²) < 4.78 is 0. The van der Waals surface area contributed by atoms with Crippen LogP contribution < -0.4 is 0 Å². The Balaban J connectivity index is 2.41. The highest BCUT2D eigenvalue weighted by molar-refractivity contribution is 6.32. The van der Waals surface area contributed by atoms with Gasteiger partial charge in [0.15, 0.2) is 0 Å². The van der Waals surface area contributed by atoms with Gasteiger partial charge in [-0.1, -0.05) is 29.8 Å². The van der Waals surface area contributed by atoms with Crippen molar-refractivity contribution in [3.8, 4) is 6.07 Å². The van der Waals surface area contributed by atoms with Crippen molar-refractivity contribution in [2.24, 2.45) is 0 Å². The topological polar surface area (TPSA) is 66.9 Å². The van der Waals surface area contributed by atoms with Crippen molar-refractivity contribution in [2.45, 2.75) is 0 Å². The number of nitro groups is 1. The molecule has 4 nitrogen and oxygen atoms in total. The summed E-state index contributed by atoms with van der Waals surface area (Å²) in [6.45, 7) is 0. The third-order valence-corrected chi connectivity index (χ3v) is 3.06. The molecule has 0 bridgehead atoms. The smallest absolute Gasteiger partial charge is 0.258 e. The standard InChI is InChI=1S/C15H9ClN2O2/c16-15-4-2-1-3-12(15)9-13(10-17)11-5-7-14(8-6-11)18(19)20/h1-9H. The molecule has 0 aliphatic rings. The van der Waals surface area contributed by atoms with Crippen molar-refractivity contribution >= 4 is 28.9 Å². The second kappa shape index (κ2) is 6.00. The van der Waals surface area contributed by atoms with Crippen LogP contribution in [0.2, 0.25) is 5.02 Å². The first-order valence-corrected chi connectivity index (χ1v) is 6.11. The van der Waals surface area contributed by atoms with Crippen LogP contribution in [0.25, 0.3) is 11.6 Å². The Bertz CT molecular complexity index is 715. The molecule has 5 heteroatoms. The molecule has 0 aliphatic heterocycles. The van der Waals surface area contributed by atoms with Crippen LogP contribution in [0.4, 0.5) is 5.69 Å². The van der Waals surface area contributed by atoms with Crippen molar-refractivity contribution in [1.82, 2.24) is 0 Å². The number of benzene rings is 2. The molecular weight excluding hydrogens is 276 g/mol. The summed E-state index contributed by atoms with van der Waals surface area (Å²) in [6, 6.07) is 15.1. The van der Waals surface area contributed by atoms with E-state index >= 15 is 0 Å². The van der Waals surface area contributed by atoms with Crippen LogP contribution in [-0.4, -0.2) is 4.92 Å². The Morgan fingerprint density at radius 3 is 2.40 bits per heavy atom. The maximum atomic E-state index is 10.6. The molecule has 2 rings (SSSR count). The maximum absolute atomic E-state index is 10.6. The Hall–Kier alpha value is -2.64. The lowest BCUT2D eigenvalue weighted by molar-refractivity contribution is -0.384. The van der Waals surface area contributed by atoms with E-state index in [1.807, 2.05) is 6.07 Å². The third kappa shape index (κ3) is 3.02. The summed E-state index contributed by atoms with van der Waals surface area (Å²) >= 11 is 6.04. The molecule has 0 spiro atoms. The second-order valence-corrected chi connectivity index (χ2v) is 4.40. The van der Waals surface area contributed by atoms with Crippen molar-refractivity contribution in [2.75, 3.05) is 0 Å². The highest BCUT2D eigenvalue weighted by Gasteiger charge is 2.07. The predicted octanol–water partition coefficient (Wildman–Crippen LogP) is 4.31. The van der Waals surface area contributed by atoms with Gasteiger partial charge in [0.1, 0.15) is 0 Å². The highest BCUT2D eigenvalue weighted by Crippen LogP contribution is 2.24. The van der Waals surface area contributed by atoms with E-state index in [-0.39, 0.29) is 5.69 Å². The number of allylic oxidation sites excluding steroid dienone is 1. The molecule has 20 heavy (non-hydrogen) atoms. The van der Waals surface area contributed by atoms with Crippen LogP contribution in [0.5, 0.6) is 0 Å². The summed E-state index contributed by atoms with van der Waals surface area (Å²) in [5.41, 5.74) is 1.72. The van der Waals surface area contributed by atoms with Gasteiger partial charge in [0, 0.05) is 17.2 Å². The van der Waals surface area contributed by atoms with Crippen LogP contribution in [0, 0.1) is 21.4 Å². The molecule has 0 N–H and O–H groups in total. The molecule has 0 fully saturated rings. The number of nitrogens with zero attached hydrogens (tertiary/aromatic N) is 2. The maximum Gasteiger partial charge on any atom is 0.269 e. The minimum absolute atomic E-state index is 0.0104. The van der Waals surface area contributed by atoms with E-state index in [0.29, 0.717) is 16.2 Å². The lowest BCUT2D eigenvalue weighted by Gasteiger charge is -2.01. The Kier molecular flexibility index (Phi) is 4.14. The number of halogens is 1. The van der Waals surface area contributed by atoms with E-state index in [1.54, 1.807) is 36.4 Å². The summed E-state index contributed by atoms with van der Waals surface area (Å²) in [6.07, 6.45) is 1.66. The van der Waals surface area contributed by atoms with Crippen molar-refractivity contribution in [3.63, 3.8) is 0 Å². The predicted molar refractivity (Wildman–Crippen MR) is 78.0 cm³/mol. The van der Waals surface area contributed by atoms with Gasteiger partial charge in [-0.25, -0.2) is 0 Å². The summed E-state index contributed by atoms with van der Waals surface area (Å²) in [5, 5.41) is 20.4. The molecule has 0 aliphatic carbocycles. The van der Waals surface area contributed by atoms with Gasteiger partial charge in [-0.2, -0.15) is 5.26 Å². The fraction of sp³-hybridized carbons (Fsp3) is 0. The number of nitro benzene ring substituents is 1. The molecule has 98 valence electrons. The quantitative estimate of drug-likeness (QED) is 0.365. The zero-order chi connectivity index (χ0) is 14.5. The molecule has 0 radical (unpaired) electrons. The van der Waals surface area contributed by atoms with Gasteiger partial charge in [0.2, 0.25) is 0 Å². The van der Waals surface area contributed by atoms with Gasteiger partial charge in [0.25, 0.3) is 5.69 Å². The first-order valence-electron chi connectivity index (χ1n) is 5.73. The number of nitriles is 1. The summed E-state index contributed by atoms with van der Waals surface area (Å²) in [7, 11) is 0. The van der Waals surface area contributed by atoms with Gasteiger partial charge in [-0.3, -0.25) is 10.1 Å². The highest BCUT2D eigenvalue weighted by atomic mass is 35.5. The largest absolute Gasteiger partial charge is 0.269 e. The monoisotopic (exact) mass is 284 g/mol. The van der Waals surface area contributed by atoms with Gasteiger partial charge in [-0.05, 0) is 35.4 Å². The Morgan fingerprint density at radius 1 is 1.20 bits per heavy atom. The summed E-state index contributed by atoms with van der Waals surface area (Å²) in [5.74, 6) is 0. The molecule has 0 unspecified atom stereocenters. The molecule has 2 aromatic carbocycles. The first-order chi connectivity index (χ1) is 9.61. The molecule has 0 atom stereocenters. The molecule has 0 saturated heterocycles. The normalized spacial score (nSPS) is 10.9. The molecular formula is C15H9ClN2O2. The van der Waals surface area contributed by atoms with E-state index in [2.05, 4.69) is 6.07 Å². The third-order valence-electron chi connectivity index (χ3n) is 2.71. The molecule has 0 amide bonds. The average molecular weight is 285 g/mol. The first kappa shape index (κ1) is 13.8. The molecule has 0 saturated carbocycles. The van der Waals surface area contributed by atoms with E-state index in [0.717, 1.165) is 5.56 Å². The Morgan fingerprint density at radius 2 is 1.85 bits per heavy atom. The molecule has 0 aromatic heterocycles. The van der Waals surface area contributed by atoms with E-state index in [9.17, 15) is 15.4 Å². The van der Waals surface area contributed by atoms with Crippen molar-refractivity contribution < 1.29 is 4.92 Å². The lowest BCUT2D eigenvalue weighted by Crippen LogP contribution is -1.88. The van der Waals surface area contributed by atoms with Crippen LogP contribution in [0.1, 0.15) is 11.1 Å². The van der Waals surface area contributed by atoms with E-state index in [4.69, 9.17) is 11.6 Å². The minimum atomic E-state index is -0.479. The minimum Gasteiger partial charge on any atom is -0.258 e. The fourth-order valence-corrected chi connectivity index (χ4v) is 1.88. The second-order valence-electron chi connectivity index (χ2n) is 4.00. The number of hydrogen-bond acceptors (Lipinski definition) is 3. The van der Waals surface area contributed by atoms with Crippen LogP contribution >= 0.6 is 11.6 Å². The lowest BCUT2D eigenvalue weighted by atomic mass is 10.0. The van der Waals surface area contributed by atoms with Crippen molar-refractivity contribution in [3.05, 3.63) is 74.8 Å². The van der Waals surface area contributed by atoms with Gasteiger partial charge >= 0.3 is 0 Å². The average Bonchev–Trinajstić information content (AvgIpc) is 2.46. The molecule has 2 aromatic rings. The van der Waals surface area contributed by atoms with Gasteiger partial charge in [-0.15, -0.1) is 0 Å². The van der Waals surface area contributed by atoms with Crippen molar-refractivity contribution in [1.29, 1.82) is 5.26 Å². The SMILES string of the molecule is N#CC(=Cc1ccccc1Cl)c1ccc([N+](=O)[O-])cc1. The van der Waals surface area contributed by atoms with Crippen LogP contribution in [0.3, 0.4) is 0 Å². The number of non-ortho nitro benzene ring substituents is 1. The summed E-state index contributed by atoms with van der Waals surface area (Å²) in [4.78, 5) is 10.1. The Labute approximate surface area is 120 Å². The van der Waals surface area contributed by atoms with Gasteiger partial charge in [0.05, 0.1) is 16.6 Å². The zero-order valence-corrected chi connectivity index (χ0v) is 11.0. The fourth-order valence-electron chi connectivity index (χ4n) is 1.69. The van der Waals surface area contributed by atoms with E-state index < -0.39 is 4.92 Å².